The van der Waals surface area contributed by atoms with E-state index in [1.165, 1.54) is 12.1 Å². The maximum atomic E-state index is 13.3. The SMILES string of the molecule is COc1ccc(C2Nc3ccccc3C(=O)N2NC(=O)COc2ccc(Cl)cc2C)cc1OC. The van der Waals surface area contributed by atoms with Gasteiger partial charge in [0.05, 0.1) is 19.8 Å². The van der Waals surface area contributed by atoms with Gasteiger partial charge in [0.15, 0.2) is 18.1 Å². The number of carbonyl (C=O) groups is 2. The molecule has 0 saturated carbocycles. The third-order valence-electron chi connectivity index (χ3n) is 5.39. The molecule has 4 rings (SSSR count). The lowest BCUT2D eigenvalue weighted by Gasteiger charge is -2.37. The summed E-state index contributed by atoms with van der Waals surface area (Å²) in [5.74, 6) is 0.737. The topological polar surface area (TPSA) is 89.1 Å². The van der Waals surface area contributed by atoms with Crippen molar-refractivity contribution in [1.29, 1.82) is 0 Å². The number of hydrogen-bond acceptors (Lipinski definition) is 6. The van der Waals surface area contributed by atoms with E-state index in [0.29, 0.717) is 39.1 Å². The zero-order chi connectivity index (χ0) is 24.2. The Balaban J connectivity index is 1.59. The smallest absolute Gasteiger partial charge is 0.276 e. The number of nitrogens with zero attached hydrogens (tertiary/aromatic N) is 1. The number of benzene rings is 3. The lowest BCUT2D eigenvalue weighted by atomic mass is 10.0. The predicted octanol–water partition coefficient (Wildman–Crippen LogP) is 4.34. The highest BCUT2D eigenvalue weighted by Gasteiger charge is 2.34. The van der Waals surface area contributed by atoms with Crippen molar-refractivity contribution in [3.8, 4) is 17.2 Å². The van der Waals surface area contributed by atoms with E-state index in [-0.39, 0.29) is 12.5 Å². The molecule has 2 amide bonds. The maximum Gasteiger partial charge on any atom is 0.276 e. The number of fused-ring (bicyclic) bond motifs is 1. The Morgan fingerprint density at radius 1 is 1.03 bits per heavy atom. The minimum absolute atomic E-state index is 0.285. The average molecular weight is 482 g/mol. The fourth-order valence-corrected chi connectivity index (χ4v) is 3.94. The number of rotatable bonds is 7. The van der Waals surface area contributed by atoms with Gasteiger partial charge in [-0.25, -0.2) is 5.01 Å². The van der Waals surface area contributed by atoms with Crippen molar-refractivity contribution in [3.05, 3.63) is 82.4 Å². The molecular formula is C25H24ClN3O5. The molecule has 3 aromatic rings. The van der Waals surface area contributed by atoms with E-state index in [1.54, 1.807) is 55.6 Å². The number of hydrazine groups is 1. The van der Waals surface area contributed by atoms with Crippen LogP contribution in [0.2, 0.25) is 5.02 Å². The Labute approximate surface area is 202 Å². The number of aryl methyl sites for hydroxylation is 1. The molecule has 34 heavy (non-hydrogen) atoms. The highest BCUT2D eigenvalue weighted by molar-refractivity contribution is 6.30. The van der Waals surface area contributed by atoms with Gasteiger partial charge in [0, 0.05) is 16.3 Å². The first-order valence-corrected chi connectivity index (χ1v) is 10.9. The Morgan fingerprint density at radius 3 is 2.50 bits per heavy atom. The number of halogens is 1. The van der Waals surface area contributed by atoms with Crippen molar-refractivity contribution in [2.45, 2.75) is 13.1 Å². The van der Waals surface area contributed by atoms with Crippen LogP contribution in [0.25, 0.3) is 0 Å². The van der Waals surface area contributed by atoms with Gasteiger partial charge in [-0.1, -0.05) is 29.8 Å². The number of hydrogen-bond donors (Lipinski definition) is 2. The third-order valence-corrected chi connectivity index (χ3v) is 5.63. The number of carbonyl (C=O) groups excluding carboxylic acids is 2. The molecule has 0 spiro atoms. The summed E-state index contributed by atoms with van der Waals surface area (Å²) in [4.78, 5) is 26.1. The van der Waals surface area contributed by atoms with Crippen LogP contribution < -0.4 is 25.0 Å². The summed E-state index contributed by atoms with van der Waals surface area (Å²) >= 11 is 5.98. The molecule has 0 bridgehead atoms. The Kier molecular flexibility index (Phi) is 6.79. The van der Waals surface area contributed by atoms with E-state index in [9.17, 15) is 9.59 Å². The van der Waals surface area contributed by atoms with Gasteiger partial charge in [0.2, 0.25) is 0 Å². The summed E-state index contributed by atoms with van der Waals surface area (Å²) < 4.78 is 16.4. The predicted molar refractivity (Wildman–Crippen MR) is 128 cm³/mol. The minimum Gasteiger partial charge on any atom is -0.493 e. The lowest BCUT2D eigenvalue weighted by molar-refractivity contribution is -0.127. The number of methoxy groups -OCH3 is 2. The molecule has 1 aliphatic rings. The molecule has 1 heterocycles. The molecular weight excluding hydrogens is 458 g/mol. The fraction of sp³-hybridized carbons (Fsp3) is 0.200. The van der Waals surface area contributed by atoms with Gasteiger partial charge in [-0.2, -0.15) is 0 Å². The second-order valence-corrected chi connectivity index (χ2v) is 8.05. The normalized spacial score (nSPS) is 14.6. The molecule has 1 atom stereocenters. The summed E-state index contributed by atoms with van der Waals surface area (Å²) in [6, 6.07) is 17.5. The van der Waals surface area contributed by atoms with Gasteiger partial charge in [-0.15, -0.1) is 0 Å². The van der Waals surface area contributed by atoms with Crippen LogP contribution in [0.15, 0.2) is 60.7 Å². The van der Waals surface area contributed by atoms with Gasteiger partial charge < -0.3 is 19.5 Å². The molecule has 8 nitrogen and oxygen atoms in total. The molecule has 0 fully saturated rings. The van der Waals surface area contributed by atoms with Gasteiger partial charge in [0.1, 0.15) is 11.9 Å². The molecule has 9 heteroatoms. The minimum atomic E-state index is -0.691. The zero-order valence-electron chi connectivity index (χ0n) is 18.9. The Hall–Kier alpha value is -3.91. The maximum absolute atomic E-state index is 13.3. The van der Waals surface area contributed by atoms with E-state index in [4.69, 9.17) is 25.8 Å². The molecule has 0 aromatic heterocycles. The highest BCUT2D eigenvalue weighted by atomic mass is 35.5. The number of anilines is 1. The summed E-state index contributed by atoms with van der Waals surface area (Å²) in [6.45, 7) is 1.55. The van der Waals surface area contributed by atoms with Crippen LogP contribution in [0.3, 0.4) is 0 Å². The first-order valence-electron chi connectivity index (χ1n) is 10.5. The summed E-state index contributed by atoms with van der Waals surface area (Å²) in [5.41, 5.74) is 5.27. The van der Waals surface area contributed by atoms with Gasteiger partial charge >= 0.3 is 0 Å². The lowest BCUT2D eigenvalue weighted by Crippen LogP contribution is -2.53. The van der Waals surface area contributed by atoms with Gasteiger partial charge in [0.25, 0.3) is 11.8 Å². The quantitative estimate of drug-likeness (QED) is 0.521. The van der Waals surface area contributed by atoms with E-state index < -0.39 is 12.1 Å². The first kappa shape index (κ1) is 23.3. The van der Waals surface area contributed by atoms with Crippen LogP contribution >= 0.6 is 11.6 Å². The number of amides is 2. The molecule has 3 aromatic carbocycles. The van der Waals surface area contributed by atoms with Crippen molar-refractivity contribution in [3.63, 3.8) is 0 Å². The average Bonchev–Trinajstić information content (AvgIpc) is 2.84. The number of para-hydroxylation sites is 1. The fourth-order valence-electron chi connectivity index (χ4n) is 3.71. The van der Waals surface area contributed by atoms with Crippen molar-refractivity contribution >= 4 is 29.1 Å². The van der Waals surface area contributed by atoms with Crippen molar-refractivity contribution in [1.82, 2.24) is 10.4 Å². The van der Waals surface area contributed by atoms with Crippen molar-refractivity contribution in [2.75, 3.05) is 26.1 Å². The van der Waals surface area contributed by atoms with Crippen molar-refractivity contribution in [2.24, 2.45) is 0 Å². The molecule has 2 N–H and O–H groups in total. The molecule has 1 aliphatic heterocycles. The third kappa shape index (κ3) is 4.72. The van der Waals surface area contributed by atoms with Crippen LogP contribution in [0.1, 0.15) is 27.7 Å². The Morgan fingerprint density at radius 2 is 1.76 bits per heavy atom. The van der Waals surface area contributed by atoms with Crippen LogP contribution in [-0.2, 0) is 4.79 Å². The summed E-state index contributed by atoms with van der Waals surface area (Å²) in [6.07, 6.45) is -0.691. The summed E-state index contributed by atoms with van der Waals surface area (Å²) in [5, 5.41) is 5.15. The van der Waals surface area contributed by atoms with E-state index in [1.807, 2.05) is 19.1 Å². The van der Waals surface area contributed by atoms with E-state index in [2.05, 4.69) is 10.7 Å². The van der Waals surface area contributed by atoms with Crippen LogP contribution in [0.4, 0.5) is 5.69 Å². The molecule has 0 radical (unpaired) electrons. The van der Waals surface area contributed by atoms with Crippen molar-refractivity contribution < 1.29 is 23.8 Å². The van der Waals surface area contributed by atoms with Gasteiger partial charge in [-0.3, -0.25) is 15.0 Å². The highest BCUT2D eigenvalue weighted by Crippen LogP contribution is 2.36. The van der Waals surface area contributed by atoms with Crippen LogP contribution in [0.5, 0.6) is 17.2 Å². The molecule has 1 unspecified atom stereocenters. The monoisotopic (exact) mass is 481 g/mol. The van der Waals surface area contributed by atoms with E-state index in [0.717, 1.165) is 5.56 Å². The van der Waals surface area contributed by atoms with Gasteiger partial charge in [-0.05, 0) is 55.0 Å². The first-order chi connectivity index (χ1) is 16.4. The summed E-state index contributed by atoms with van der Waals surface area (Å²) in [7, 11) is 3.08. The zero-order valence-corrected chi connectivity index (χ0v) is 19.7. The number of nitrogens with one attached hydrogen (secondary N) is 2. The number of ether oxygens (including phenoxy) is 3. The largest absolute Gasteiger partial charge is 0.493 e. The Bertz CT molecular complexity index is 1230. The molecule has 176 valence electrons. The molecule has 0 aliphatic carbocycles. The standard InChI is InChI=1S/C25H24ClN3O5/c1-15-12-17(26)9-11-20(15)34-14-23(30)28-29-24(16-8-10-21(32-2)22(13-16)33-3)27-19-7-5-4-6-18(19)25(29)31/h4-13,24,27H,14H2,1-3H3,(H,28,30). The van der Waals surface area contributed by atoms with Crippen LogP contribution in [-0.4, -0.2) is 37.6 Å². The van der Waals surface area contributed by atoms with E-state index >= 15 is 0 Å². The van der Waals surface area contributed by atoms with Crippen LogP contribution in [0, 0.1) is 6.92 Å². The second-order valence-electron chi connectivity index (χ2n) is 7.62. The molecule has 0 saturated heterocycles. The second kappa shape index (κ2) is 9.93.